The molecule has 15 heavy (non-hydrogen) atoms. The van der Waals surface area contributed by atoms with E-state index in [9.17, 15) is 13.6 Å². The Hall–Kier alpha value is -1.91. The first kappa shape index (κ1) is 11.2. The number of hydrogen-bond acceptors (Lipinski definition) is 2. The smallest absolute Gasteiger partial charge is 0.307 e. The number of aliphatic carboxylic acids is 1. The van der Waals surface area contributed by atoms with Gasteiger partial charge in [0.2, 0.25) is 0 Å². The average molecular weight is 214 g/mol. The van der Waals surface area contributed by atoms with Crippen molar-refractivity contribution in [3.05, 3.63) is 35.4 Å². The molecule has 0 unspecified atom stereocenters. The Labute approximate surface area is 84.3 Å². The van der Waals surface area contributed by atoms with E-state index in [1.807, 2.05) is 0 Å². The minimum atomic E-state index is -1.31. The highest BCUT2D eigenvalue weighted by Gasteiger charge is 2.07. The molecule has 1 rings (SSSR count). The van der Waals surface area contributed by atoms with E-state index in [0.717, 1.165) is 12.1 Å². The predicted octanol–water partition coefficient (Wildman–Crippen LogP) is 2.16. The maximum Gasteiger partial charge on any atom is 0.307 e. The zero-order chi connectivity index (χ0) is 11.4. The van der Waals surface area contributed by atoms with Crippen molar-refractivity contribution < 1.29 is 23.8 Å². The van der Waals surface area contributed by atoms with Gasteiger partial charge in [-0.1, -0.05) is 12.2 Å². The molecule has 0 saturated carbocycles. The second-order valence-corrected chi connectivity index (χ2v) is 2.84. The van der Waals surface area contributed by atoms with Crippen molar-refractivity contribution in [3.8, 4) is 5.75 Å². The molecule has 0 radical (unpaired) electrons. The van der Waals surface area contributed by atoms with Gasteiger partial charge in [0.1, 0.15) is 0 Å². The Morgan fingerprint density at radius 1 is 1.40 bits per heavy atom. The van der Waals surface area contributed by atoms with E-state index in [0.29, 0.717) is 0 Å². The van der Waals surface area contributed by atoms with Crippen LogP contribution in [0.25, 0.3) is 6.08 Å². The molecule has 1 aromatic rings. The lowest BCUT2D eigenvalue weighted by atomic mass is 10.1. The van der Waals surface area contributed by atoms with Crippen LogP contribution in [0.4, 0.5) is 8.78 Å². The lowest BCUT2D eigenvalue weighted by molar-refractivity contribution is -0.135. The molecule has 0 fully saturated rings. The quantitative estimate of drug-likeness (QED) is 0.810. The van der Waals surface area contributed by atoms with Gasteiger partial charge in [-0.05, 0) is 17.7 Å². The first-order chi connectivity index (χ1) is 7.00. The minimum Gasteiger partial charge on any atom is -0.505 e. The van der Waals surface area contributed by atoms with Crippen molar-refractivity contribution >= 4 is 12.0 Å². The summed E-state index contributed by atoms with van der Waals surface area (Å²) < 4.78 is 25.4. The number of carboxylic acids is 1. The molecule has 0 bridgehead atoms. The largest absolute Gasteiger partial charge is 0.505 e. The van der Waals surface area contributed by atoms with Gasteiger partial charge in [-0.25, -0.2) is 4.39 Å². The third kappa shape index (κ3) is 3.05. The van der Waals surface area contributed by atoms with Gasteiger partial charge >= 0.3 is 5.97 Å². The lowest BCUT2D eigenvalue weighted by Crippen LogP contribution is -1.90. The van der Waals surface area contributed by atoms with Crippen molar-refractivity contribution in [3.63, 3.8) is 0 Å². The molecule has 0 heterocycles. The third-order valence-electron chi connectivity index (χ3n) is 1.63. The number of carbonyl (C=O) groups is 1. The normalized spacial score (nSPS) is 10.8. The summed E-state index contributed by atoms with van der Waals surface area (Å²) >= 11 is 0. The summed E-state index contributed by atoms with van der Waals surface area (Å²) in [4.78, 5) is 10.1. The topological polar surface area (TPSA) is 57.5 Å². The highest BCUT2D eigenvalue weighted by atomic mass is 19.2. The summed E-state index contributed by atoms with van der Waals surface area (Å²) in [5.74, 6) is -4.32. The molecular formula is C10H8F2O3. The van der Waals surface area contributed by atoms with Crippen LogP contribution >= 0.6 is 0 Å². The third-order valence-corrected chi connectivity index (χ3v) is 1.63. The van der Waals surface area contributed by atoms with Gasteiger partial charge in [0, 0.05) is 0 Å². The number of carboxylic acid groups (broad SMARTS) is 1. The maximum absolute atomic E-state index is 12.7. The summed E-state index contributed by atoms with van der Waals surface area (Å²) in [5.41, 5.74) is 0.202. The highest BCUT2D eigenvalue weighted by molar-refractivity contribution is 5.70. The fourth-order valence-electron chi connectivity index (χ4n) is 0.987. The Balaban J connectivity index is 2.87. The van der Waals surface area contributed by atoms with E-state index in [1.165, 1.54) is 12.2 Å². The zero-order valence-corrected chi connectivity index (χ0v) is 7.58. The van der Waals surface area contributed by atoms with E-state index in [2.05, 4.69) is 0 Å². The van der Waals surface area contributed by atoms with Crippen LogP contribution in [0, 0.1) is 11.6 Å². The number of halogens is 2. The number of aromatic hydroxyl groups is 1. The first-order valence-corrected chi connectivity index (χ1v) is 4.07. The van der Waals surface area contributed by atoms with Crippen LogP contribution in [0.2, 0.25) is 0 Å². The average Bonchev–Trinajstić information content (AvgIpc) is 2.13. The number of benzene rings is 1. The van der Waals surface area contributed by atoms with E-state index in [1.54, 1.807) is 0 Å². The molecular weight excluding hydrogens is 206 g/mol. The van der Waals surface area contributed by atoms with E-state index < -0.39 is 23.4 Å². The number of rotatable bonds is 3. The Morgan fingerprint density at radius 3 is 2.60 bits per heavy atom. The first-order valence-electron chi connectivity index (χ1n) is 4.07. The van der Waals surface area contributed by atoms with Gasteiger partial charge in [-0.2, -0.15) is 4.39 Å². The van der Waals surface area contributed by atoms with Crippen LogP contribution in [-0.4, -0.2) is 16.2 Å². The molecule has 0 atom stereocenters. The molecule has 0 aliphatic rings. The van der Waals surface area contributed by atoms with Gasteiger partial charge in [0.25, 0.3) is 0 Å². The predicted molar refractivity (Wildman–Crippen MR) is 49.3 cm³/mol. The molecule has 0 aliphatic heterocycles. The van der Waals surface area contributed by atoms with Crippen LogP contribution in [0.5, 0.6) is 5.75 Å². The second-order valence-electron chi connectivity index (χ2n) is 2.84. The molecule has 0 aromatic heterocycles. The zero-order valence-electron chi connectivity index (χ0n) is 7.58. The molecule has 0 aliphatic carbocycles. The van der Waals surface area contributed by atoms with Gasteiger partial charge in [-0.3, -0.25) is 4.79 Å². The van der Waals surface area contributed by atoms with Crippen molar-refractivity contribution in [1.29, 1.82) is 0 Å². The minimum absolute atomic E-state index is 0.202. The van der Waals surface area contributed by atoms with E-state index in [4.69, 9.17) is 10.2 Å². The molecule has 1 aromatic carbocycles. The molecule has 0 saturated heterocycles. The monoisotopic (exact) mass is 214 g/mol. The Kier molecular flexibility index (Phi) is 3.38. The Morgan fingerprint density at radius 2 is 2.07 bits per heavy atom. The number of phenolic OH excluding ortho intramolecular Hbond substituents is 1. The number of phenols is 1. The van der Waals surface area contributed by atoms with Crippen LogP contribution in [0.1, 0.15) is 12.0 Å². The van der Waals surface area contributed by atoms with Gasteiger partial charge < -0.3 is 10.2 Å². The van der Waals surface area contributed by atoms with Crippen molar-refractivity contribution in [1.82, 2.24) is 0 Å². The van der Waals surface area contributed by atoms with Crippen molar-refractivity contribution in [2.45, 2.75) is 6.42 Å². The van der Waals surface area contributed by atoms with Crippen molar-refractivity contribution in [2.24, 2.45) is 0 Å². The van der Waals surface area contributed by atoms with Gasteiger partial charge in [0.05, 0.1) is 6.42 Å². The van der Waals surface area contributed by atoms with Crippen molar-refractivity contribution in [2.75, 3.05) is 0 Å². The Bertz CT molecular complexity index is 390. The lowest BCUT2D eigenvalue weighted by Gasteiger charge is -1.99. The molecule has 0 spiro atoms. The fraction of sp³-hybridized carbons (Fsp3) is 0.100. The SMILES string of the molecule is O=C(O)CC=Cc1cc(O)c(F)c(F)c1. The summed E-state index contributed by atoms with van der Waals surface area (Å²) in [6.07, 6.45) is 2.34. The molecule has 2 N–H and O–H groups in total. The molecule has 3 nitrogen and oxygen atoms in total. The van der Waals surface area contributed by atoms with Gasteiger partial charge in [-0.15, -0.1) is 0 Å². The highest BCUT2D eigenvalue weighted by Crippen LogP contribution is 2.21. The van der Waals surface area contributed by atoms with Crippen LogP contribution in [-0.2, 0) is 4.79 Å². The summed E-state index contributed by atoms with van der Waals surface area (Å²) in [7, 11) is 0. The maximum atomic E-state index is 12.7. The summed E-state index contributed by atoms with van der Waals surface area (Å²) in [6, 6.07) is 1.88. The van der Waals surface area contributed by atoms with E-state index in [-0.39, 0.29) is 12.0 Å². The van der Waals surface area contributed by atoms with Crippen LogP contribution < -0.4 is 0 Å². The second kappa shape index (κ2) is 4.54. The molecule has 0 amide bonds. The number of hydrogen-bond donors (Lipinski definition) is 2. The van der Waals surface area contributed by atoms with Gasteiger partial charge in [0.15, 0.2) is 17.4 Å². The molecule has 80 valence electrons. The summed E-state index contributed by atoms with van der Waals surface area (Å²) in [6.45, 7) is 0. The van der Waals surface area contributed by atoms with Crippen LogP contribution in [0.15, 0.2) is 18.2 Å². The fourth-order valence-corrected chi connectivity index (χ4v) is 0.987. The molecule has 5 heteroatoms. The standard InChI is InChI=1S/C10H8F2O3/c11-7-4-6(2-1-3-9(14)15)5-8(13)10(7)12/h1-2,4-5,13H,3H2,(H,14,15). The van der Waals surface area contributed by atoms with E-state index >= 15 is 0 Å². The van der Waals surface area contributed by atoms with Crippen LogP contribution in [0.3, 0.4) is 0 Å². The summed E-state index contributed by atoms with van der Waals surface area (Å²) in [5, 5.41) is 17.2.